The number of sulfonamides is 1. The molecule has 0 aromatic heterocycles. The third-order valence-electron chi connectivity index (χ3n) is 4.35. The van der Waals surface area contributed by atoms with Gasteiger partial charge in [-0.25, -0.2) is 13.6 Å². The molecule has 0 amide bonds. The van der Waals surface area contributed by atoms with Gasteiger partial charge in [0.25, 0.3) is 5.69 Å². The number of nitro groups is 1. The monoisotopic (exact) mass is 371 g/mol. The van der Waals surface area contributed by atoms with Gasteiger partial charge in [0.2, 0.25) is 10.0 Å². The van der Waals surface area contributed by atoms with Gasteiger partial charge < -0.3 is 10.1 Å². The van der Waals surface area contributed by atoms with E-state index in [2.05, 4.69) is 26.1 Å². The summed E-state index contributed by atoms with van der Waals surface area (Å²) in [6.45, 7) is 7.57. The molecule has 9 heteroatoms. The normalized spacial score (nSPS) is 21.8. The van der Waals surface area contributed by atoms with Crippen LogP contribution in [0.1, 0.15) is 33.6 Å². The first-order valence-electron chi connectivity index (χ1n) is 8.17. The van der Waals surface area contributed by atoms with Crippen molar-refractivity contribution in [2.24, 2.45) is 16.5 Å². The Kier molecular flexibility index (Phi) is 5.70. The van der Waals surface area contributed by atoms with Gasteiger partial charge in [-0.3, -0.25) is 10.1 Å². The molecular formula is C16H25N3O5S. The standard InChI is InChI=1S/C16H25N3O5S/c1-16(2,3)15-11(5-4-8-24-15)10-18-13-7-6-12(25(17,22)23)9-14(13)19(20)21/h6-7,9,11,15,18H,4-5,8,10H2,1-3H3,(H2,17,22,23). The molecule has 1 aliphatic rings. The first kappa shape index (κ1) is 19.6. The Morgan fingerprint density at radius 2 is 2.08 bits per heavy atom. The number of rotatable bonds is 5. The van der Waals surface area contributed by atoms with Crippen LogP contribution >= 0.6 is 0 Å². The molecule has 2 unspecified atom stereocenters. The molecule has 8 nitrogen and oxygen atoms in total. The molecule has 0 bridgehead atoms. The maximum atomic E-state index is 11.4. The Morgan fingerprint density at radius 3 is 2.64 bits per heavy atom. The molecule has 0 radical (unpaired) electrons. The van der Waals surface area contributed by atoms with Crippen LogP contribution in [0.2, 0.25) is 0 Å². The zero-order chi connectivity index (χ0) is 18.8. The Labute approximate surface area is 147 Å². The van der Waals surface area contributed by atoms with Gasteiger partial charge in [-0.2, -0.15) is 0 Å². The van der Waals surface area contributed by atoms with Crippen molar-refractivity contribution < 1.29 is 18.1 Å². The molecule has 140 valence electrons. The molecule has 2 atom stereocenters. The fraction of sp³-hybridized carbons (Fsp3) is 0.625. The number of anilines is 1. The average Bonchev–Trinajstić information content (AvgIpc) is 2.51. The Bertz CT molecular complexity index is 743. The largest absolute Gasteiger partial charge is 0.379 e. The van der Waals surface area contributed by atoms with E-state index in [1.54, 1.807) is 0 Å². The number of nitrogens with two attached hydrogens (primary N) is 1. The van der Waals surface area contributed by atoms with Crippen LogP contribution in [0, 0.1) is 21.4 Å². The molecule has 0 spiro atoms. The van der Waals surface area contributed by atoms with E-state index in [9.17, 15) is 18.5 Å². The summed E-state index contributed by atoms with van der Waals surface area (Å²) in [6, 6.07) is 3.63. The number of nitro benzene ring substituents is 1. The van der Waals surface area contributed by atoms with E-state index in [1.165, 1.54) is 12.1 Å². The molecule has 2 rings (SSSR count). The maximum Gasteiger partial charge on any atom is 0.293 e. The van der Waals surface area contributed by atoms with E-state index < -0.39 is 14.9 Å². The van der Waals surface area contributed by atoms with Crippen LogP contribution in [0.25, 0.3) is 0 Å². The van der Waals surface area contributed by atoms with Crippen LogP contribution in [0.15, 0.2) is 23.1 Å². The Balaban J connectivity index is 2.21. The highest BCUT2D eigenvalue weighted by atomic mass is 32.2. The second-order valence-corrected chi connectivity index (χ2v) is 8.98. The van der Waals surface area contributed by atoms with Crippen molar-refractivity contribution in [2.45, 2.75) is 44.6 Å². The first-order valence-corrected chi connectivity index (χ1v) is 9.71. The fourth-order valence-electron chi connectivity index (χ4n) is 3.24. The number of benzene rings is 1. The first-order chi connectivity index (χ1) is 11.5. The van der Waals surface area contributed by atoms with Crippen LogP contribution in [-0.4, -0.2) is 32.6 Å². The van der Waals surface area contributed by atoms with E-state index in [4.69, 9.17) is 9.88 Å². The highest BCUT2D eigenvalue weighted by Gasteiger charge is 2.35. The van der Waals surface area contributed by atoms with Gasteiger partial charge >= 0.3 is 0 Å². The van der Waals surface area contributed by atoms with E-state index in [1.807, 2.05) is 0 Å². The molecule has 0 aliphatic carbocycles. The second kappa shape index (κ2) is 7.27. The molecule has 0 saturated carbocycles. The van der Waals surface area contributed by atoms with Crippen molar-refractivity contribution >= 4 is 21.4 Å². The van der Waals surface area contributed by atoms with Crippen LogP contribution in [0.5, 0.6) is 0 Å². The van der Waals surface area contributed by atoms with Crippen molar-refractivity contribution in [3.8, 4) is 0 Å². The molecule has 1 aromatic carbocycles. The van der Waals surface area contributed by atoms with Crippen LogP contribution < -0.4 is 10.5 Å². The minimum Gasteiger partial charge on any atom is -0.379 e. The Hall–Kier alpha value is -1.71. The molecule has 1 saturated heterocycles. The van der Waals surface area contributed by atoms with Crippen LogP contribution in [0.4, 0.5) is 11.4 Å². The summed E-state index contributed by atoms with van der Waals surface area (Å²) in [4.78, 5) is 10.4. The average molecular weight is 371 g/mol. The van der Waals surface area contributed by atoms with Crippen molar-refractivity contribution in [2.75, 3.05) is 18.5 Å². The summed E-state index contributed by atoms with van der Waals surface area (Å²) in [5.74, 6) is 0.214. The minimum absolute atomic E-state index is 0.0316. The lowest BCUT2D eigenvalue weighted by Crippen LogP contribution is -2.42. The molecule has 1 fully saturated rings. The van der Waals surface area contributed by atoms with E-state index >= 15 is 0 Å². The van der Waals surface area contributed by atoms with Gasteiger partial charge in [-0.1, -0.05) is 20.8 Å². The Morgan fingerprint density at radius 1 is 1.40 bits per heavy atom. The molecule has 25 heavy (non-hydrogen) atoms. The van der Waals surface area contributed by atoms with Gasteiger partial charge in [0.1, 0.15) is 5.69 Å². The third kappa shape index (κ3) is 4.90. The highest BCUT2D eigenvalue weighted by Crippen LogP contribution is 2.35. The van der Waals surface area contributed by atoms with E-state index in [0.29, 0.717) is 6.54 Å². The van der Waals surface area contributed by atoms with Gasteiger partial charge in [0, 0.05) is 25.1 Å². The number of primary sulfonamides is 1. The lowest BCUT2D eigenvalue weighted by molar-refractivity contribution is -0.384. The SMILES string of the molecule is CC(C)(C)C1OCCCC1CNc1ccc(S(N)(=O)=O)cc1[N+](=O)[O-]. The second-order valence-electron chi connectivity index (χ2n) is 7.42. The topological polar surface area (TPSA) is 125 Å². The summed E-state index contributed by atoms with van der Waals surface area (Å²) in [6.07, 6.45) is 1.97. The number of nitrogens with zero attached hydrogens (tertiary/aromatic N) is 1. The summed E-state index contributed by atoms with van der Waals surface area (Å²) in [7, 11) is -3.99. The number of ether oxygens (including phenoxy) is 1. The zero-order valence-corrected chi connectivity index (χ0v) is 15.5. The molecule has 1 aromatic rings. The van der Waals surface area contributed by atoms with Gasteiger partial charge in [-0.05, 0) is 30.4 Å². The number of hydrogen-bond acceptors (Lipinski definition) is 6. The lowest BCUT2D eigenvalue weighted by Gasteiger charge is -2.40. The van der Waals surface area contributed by atoms with Gasteiger partial charge in [0.05, 0.1) is 15.9 Å². The molecule has 1 heterocycles. The van der Waals surface area contributed by atoms with Crippen LogP contribution in [0.3, 0.4) is 0 Å². The molecule has 1 aliphatic heterocycles. The maximum absolute atomic E-state index is 11.4. The van der Waals surface area contributed by atoms with Crippen LogP contribution in [-0.2, 0) is 14.8 Å². The molecule has 3 N–H and O–H groups in total. The summed E-state index contributed by atoms with van der Waals surface area (Å²) >= 11 is 0. The number of nitrogens with one attached hydrogen (secondary N) is 1. The van der Waals surface area contributed by atoms with E-state index in [-0.39, 0.29) is 33.7 Å². The predicted octanol–water partition coefficient (Wildman–Crippen LogP) is 2.50. The van der Waals surface area contributed by atoms with Gasteiger partial charge in [0.15, 0.2) is 0 Å². The van der Waals surface area contributed by atoms with Crippen molar-refractivity contribution in [3.05, 3.63) is 28.3 Å². The lowest BCUT2D eigenvalue weighted by atomic mass is 9.78. The van der Waals surface area contributed by atoms with Crippen molar-refractivity contribution in [3.63, 3.8) is 0 Å². The third-order valence-corrected chi connectivity index (χ3v) is 5.26. The van der Waals surface area contributed by atoms with Gasteiger partial charge in [-0.15, -0.1) is 0 Å². The van der Waals surface area contributed by atoms with Crippen molar-refractivity contribution in [1.29, 1.82) is 0 Å². The highest BCUT2D eigenvalue weighted by molar-refractivity contribution is 7.89. The summed E-state index contributed by atoms with van der Waals surface area (Å²) in [5.41, 5.74) is -0.0675. The predicted molar refractivity (Wildman–Crippen MR) is 94.9 cm³/mol. The number of hydrogen-bond donors (Lipinski definition) is 2. The quantitative estimate of drug-likeness (QED) is 0.605. The smallest absolute Gasteiger partial charge is 0.293 e. The van der Waals surface area contributed by atoms with Crippen molar-refractivity contribution in [1.82, 2.24) is 0 Å². The minimum atomic E-state index is -3.99. The molecular weight excluding hydrogens is 346 g/mol. The van der Waals surface area contributed by atoms with E-state index in [0.717, 1.165) is 25.5 Å². The summed E-state index contributed by atoms with van der Waals surface area (Å²) in [5, 5.41) is 19.4. The zero-order valence-electron chi connectivity index (χ0n) is 14.7. The summed E-state index contributed by atoms with van der Waals surface area (Å²) < 4.78 is 28.7. The fourth-order valence-corrected chi connectivity index (χ4v) is 3.77.